The molecule has 2 N–H and O–H groups in total. The highest BCUT2D eigenvalue weighted by atomic mass is 79.9. The summed E-state index contributed by atoms with van der Waals surface area (Å²) in [6, 6.07) is 5.59. The highest BCUT2D eigenvalue weighted by Crippen LogP contribution is 2.27. The maximum atomic E-state index is 11.3. The van der Waals surface area contributed by atoms with Gasteiger partial charge in [-0.05, 0) is 31.0 Å². The fraction of sp³-hybridized carbons (Fsp3) is 0.385. The van der Waals surface area contributed by atoms with Gasteiger partial charge in [0.15, 0.2) is 6.29 Å². The van der Waals surface area contributed by atoms with Gasteiger partial charge in [-0.2, -0.15) is 0 Å². The minimum Gasteiger partial charge on any atom is -0.370 e. The van der Waals surface area contributed by atoms with Gasteiger partial charge in [-0.1, -0.05) is 15.9 Å². The van der Waals surface area contributed by atoms with Crippen molar-refractivity contribution in [2.45, 2.75) is 12.8 Å². The number of amides is 1. The maximum Gasteiger partial charge on any atom is 0.222 e. The van der Waals surface area contributed by atoms with Gasteiger partial charge >= 0.3 is 0 Å². The van der Waals surface area contributed by atoms with Crippen molar-refractivity contribution in [3.63, 3.8) is 0 Å². The Hall–Kier alpha value is -1.36. The van der Waals surface area contributed by atoms with Crippen LogP contribution in [0.2, 0.25) is 0 Å². The SMILES string of the molecule is NC(=O)C1CCCN(c2ccc(Br)cc2C=O)C1. The first-order valence-electron chi connectivity index (χ1n) is 5.91. The molecule has 0 aliphatic carbocycles. The van der Waals surface area contributed by atoms with Gasteiger partial charge < -0.3 is 10.6 Å². The number of nitrogens with zero attached hydrogens (tertiary/aromatic N) is 1. The van der Waals surface area contributed by atoms with Gasteiger partial charge in [0, 0.05) is 28.8 Å². The second-order valence-electron chi connectivity index (χ2n) is 4.51. The second kappa shape index (κ2) is 5.52. The molecular formula is C13H15BrN2O2. The van der Waals surface area contributed by atoms with Gasteiger partial charge in [-0.3, -0.25) is 9.59 Å². The van der Waals surface area contributed by atoms with Crippen molar-refractivity contribution in [1.29, 1.82) is 0 Å². The van der Waals surface area contributed by atoms with Crippen LogP contribution in [0, 0.1) is 5.92 Å². The Bertz CT molecular complexity index is 476. The molecule has 1 atom stereocenters. The fourth-order valence-corrected chi connectivity index (χ4v) is 2.71. The third kappa shape index (κ3) is 2.72. The number of carbonyl (C=O) groups is 2. The summed E-state index contributed by atoms with van der Waals surface area (Å²) in [6.07, 6.45) is 2.59. The number of nitrogens with two attached hydrogens (primary N) is 1. The predicted octanol–water partition coefficient (Wildman–Crippen LogP) is 1.96. The lowest BCUT2D eigenvalue weighted by molar-refractivity contribution is -0.122. The number of piperidine rings is 1. The van der Waals surface area contributed by atoms with Crippen LogP contribution in [0.4, 0.5) is 5.69 Å². The first-order valence-corrected chi connectivity index (χ1v) is 6.70. The van der Waals surface area contributed by atoms with E-state index in [1.165, 1.54) is 0 Å². The molecule has 0 aromatic heterocycles. The fourth-order valence-electron chi connectivity index (χ4n) is 2.34. The van der Waals surface area contributed by atoms with Gasteiger partial charge in [0.2, 0.25) is 5.91 Å². The summed E-state index contributed by atoms with van der Waals surface area (Å²) in [5.74, 6) is -0.383. The topological polar surface area (TPSA) is 63.4 Å². The van der Waals surface area contributed by atoms with Gasteiger partial charge in [0.25, 0.3) is 0 Å². The molecule has 0 radical (unpaired) electrons. The largest absolute Gasteiger partial charge is 0.370 e. The first-order chi connectivity index (χ1) is 8.61. The van der Waals surface area contributed by atoms with Crippen molar-refractivity contribution in [1.82, 2.24) is 0 Å². The van der Waals surface area contributed by atoms with E-state index >= 15 is 0 Å². The minimum absolute atomic E-state index is 0.123. The summed E-state index contributed by atoms with van der Waals surface area (Å²) in [5.41, 5.74) is 6.87. The van der Waals surface area contributed by atoms with Gasteiger partial charge in [-0.15, -0.1) is 0 Å². The number of hydrogen-bond acceptors (Lipinski definition) is 3. The number of hydrogen-bond donors (Lipinski definition) is 1. The normalized spacial score (nSPS) is 19.6. The molecule has 0 saturated carbocycles. The zero-order valence-corrected chi connectivity index (χ0v) is 11.5. The number of anilines is 1. The van der Waals surface area contributed by atoms with E-state index in [1.807, 2.05) is 12.1 Å². The highest BCUT2D eigenvalue weighted by molar-refractivity contribution is 9.10. The average Bonchev–Trinajstić information content (AvgIpc) is 2.38. The van der Waals surface area contributed by atoms with E-state index in [4.69, 9.17) is 5.73 Å². The van der Waals surface area contributed by atoms with E-state index in [1.54, 1.807) is 6.07 Å². The Balaban J connectivity index is 2.25. The van der Waals surface area contributed by atoms with Crippen molar-refractivity contribution in [2.24, 2.45) is 11.7 Å². The Morgan fingerprint density at radius 1 is 1.50 bits per heavy atom. The van der Waals surface area contributed by atoms with E-state index in [2.05, 4.69) is 20.8 Å². The summed E-state index contributed by atoms with van der Waals surface area (Å²) >= 11 is 3.34. The standard InChI is InChI=1S/C13H15BrN2O2/c14-11-3-4-12(10(6-11)8-17)16-5-1-2-9(7-16)13(15)18/h3-4,6,8-9H,1-2,5,7H2,(H2,15,18). The molecule has 1 aromatic carbocycles. The molecule has 1 aliphatic heterocycles. The lowest BCUT2D eigenvalue weighted by atomic mass is 9.96. The number of carbonyl (C=O) groups excluding carboxylic acids is 2. The summed E-state index contributed by atoms with van der Waals surface area (Å²) in [6.45, 7) is 1.45. The number of aldehydes is 1. The van der Waals surface area contributed by atoms with Crippen LogP contribution in [-0.2, 0) is 4.79 Å². The molecule has 1 heterocycles. The monoisotopic (exact) mass is 310 g/mol. The van der Waals surface area contributed by atoms with Crippen molar-refractivity contribution in [3.05, 3.63) is 28.2 Å². The molecule has 1 unspecified atom stereocenters. The minimum atomic E-state index is -0.260. The van der Waals surface area contributed by atoms with Gasteiger partial charge in [0.1, 0.15) is 0 Å². The summed E-state index contributed by atoms with van der Waals surface area (Å²) in [7, 11) is 0. The Morgan fingerprint density at radius 2 is 2.28 bits per heavy atom. The maximum absolute atomic E-state index is 11.3. The molecule has 0 bridgehead atoms. The zero-order valence-electron chi connectivity index (χ0n) is 9.93. The third-order valence-corrected chi connectivity index (χ3v) is 3.77. The van der Waals surface area contributed by atoms with Crippen LogP contribution in [0.3, 0.4) is 0 Å². The van der Waals surface area contributed by atoms with Crippen LogP contribution >= 0.6 is 15.9 Å². The molecule has 18 heavy (non-hydrogen) atoms. The van der Waals surface area contributed by atoms with Gasteiger partial charge in [0.05, 0.1) is 5.92 Å². The Labute approximate surface area is 114 Å². The van der Waals surface area contributed by atoms with Crippen LogP contribution in [-0.4, -0.2) is 25.3 Å². The third-order valence-electron chi connectivity index (χ3n) is 3.28. The van der Waals surface area contributed by atoms with E-state index < -0.39 is 0 Å². The van der Waals surface area contributed by atoms with E-state index in [-0.39, 0.29) is 11.8 Å². The lowest BCUT2D eigenvalue weighted by Crippen LogP contribution is -2.41. The number of rotatable bonds is 3. The zero-order chi connectivity index (χ0) is 13.1. The van der Waals surface area contributed by atoms with Crippen LogP contribution in [0.15, 0.2) is 22.7 Å². The van der Waals surface area contributed by atoms with Crippen molar-refractivity contribution < 1.29 is 9.59 Å². The molecule has 1 saturated heterocycles. The average molecular weight is 311 g/mol. The number of primary amides is 1. The quantitative estimate of drug-likeness (QED) is 0.868. The molecule has 96 valence electrons. The molecule has 1 fully saturated rings. The number of benzene rings is 1. The first kappa shape index (κ1) is 13.1. The Morgan fingerprint density at radius 3 is 2.94 bits per heavy atom. The van der Waals surface area contributed by atoms with Gasteiger partial charge in [-0.25, -0.2) is 0 Å². The highest BCUT2D eigenvalue weighted by Gasteiger charge is 2.25. The van der Waals surface area contributed by atoms with Crippen LogP contribution in [0.25, 0.3) is 0 Å². The molecule has 1 aromatic rings. The summed E-state index contributed by atoms with van der Waals surface area (Å²) in [4.78, 5) is 24.4. The molecule has 1 amide bonds. The van der Waals surface area contributed by atoms with Crippen LogP contribution < -0.4 is 10.6 Å². The molecule has 1 aliphatic rings. The molecular weight excluding hydrogens is 296 g/mol. The van der Waals surface area contributed by atoms with Crippen molar-refractivity contribution in [3.8, 4) is 0 Å². The van der Waals surface area contributed by atoms with E-state index in [0.717, 1.165) is 35.8 Å². The van der Waals surface area contributed by atoms with E-state index in [9.17, 15) is 9.59 Å². The lowest BCUT2D eigenvalue weighted by Gasteiger charge is -2.33. The van der Waals surface area contributed by atoms with Crippen LogP contribution in [0.1, 0.15) is 23.2 Å². The van der Waals surface area contributed by atoms with Crippen molar-refractivity contribution >= 4 is 33.8 Å². The number of halogens is 1. The second-order valence-corrected chi connectivity index (χ2v) is 5.42. The van der Waals surface area contributed by atoms with Crippen LogP contribution in [0.5, 0.6) is 0 Å². The molecule has 4 nitrogen and oxygen atoms in total. The molecule has 2 rings (SSSR count). The Kier molecular flexibility index (Phi) is 4.01. The summed E-state index contributed by atoms with van der Waals surface area (Å²) in [5, 5.41) is 0. The summed E-state index contributed by atoms with van der Waals surface area (Å²) < 4.78 is 0.872. The molecule has 5 heteroatoms. The smallest absolute Gasteiger partial charge is 0.222 e. The van der Waals surface area contributed by atoms with E-state index in [0.29, 0.717) is 12.1 Å². The molecule has 0 spiro atoms. The predicted molar refractivity (Wildman–Crippen MR) is 73.7 cm³/mol. The van der Waals surface area contributed by atoms with Crippen molar-refractivity contribution in [2.75, 3.05) is 18.0 Å².